The Morgan fingerprint density at radius 1 is 1.04 bits per heavy atom. The van der Waals surface area contributed by atoms with E-state index in [-0.39, 0.29) is 24.2 Å². The van der Waals surface area contributed by atoms with Crippen LogP contribution in [0.1, 0.15) is 29.5 Å². The minimum atomic E-state index is -0.618. The van der Waals surface area contributed by atoms with E-state index >= 15 is 0 Å². The van der Waals surface area contributed by atoms with Crippen molar-refractivity contribution in [2.75, 3.05) is 11.9 Å². The number of hydrogen-bond acceptors (Lipinski definition) is 2. The van der Waals surface area contributed by atoms with Gasteiger partial charge in [0.25, 0.3) is 0 Å². The van der Waals surface area contributed by atoms with Crippen LogP contribution in [-0.2, 0) is 15.0 Å². The van der Waals surface area contributed by atoms with Gasteiger partial charge >= 0.3 is 0 Å². The van der Waals surface area contributed by atoms with Gasteiger partial charge in [0.2, 0.25) is 11.8 Å². The molecule has 1 saturated carbocycles. The SMILES string of the molecule is Cc1cccc(C)c1NC(=O)CNC(=O)C1(c2ccc(F)cc2)CC1. The summed E-state index contributed by atoms with van der Waals surface area (Å²) in [6.45, 7) is 3.76. The number of carbonyl (C=O) groups excluding carboxylic acids is 2. The van der Waals surface area contributed by atoms with Gasteiger partial charge in [0.15, 0.2) is 0 Å². The zero-order valence-electron chi connectivity index (χ0n) is 14.4. The highest BCUT2D eigenvalue weighted by molar-refractivity contribution is 5.98. The predicted molar refractivity (Wildman–Crippen MR) is 94.9 cm³/mol. The molecule has 2 aromatic rings. The third-order valence-corrected chi connectivity index (χ3v) is 4.74. The Hall–Kier alpha value is -2.69. The van der Waals surface area contributed by atoms with Gasteiger partial charge in [-0.3, -0.25) is 9.59 Å². The minimum Gasteiger partial charge on any atom is -0.346 e. The third kappa shape index (κ3) is 3.55. The second-order valence-electron chi connectivity index (χ2n) is 6.59. The van der Waals surface area contributed by atoms with Gasteiger partial charge in [-0.25, -0.2) is 4.39 Å². The number of rotatable bonds is 5. The Labute approximate surface area is 146 Å². The van der Waals surface area contributed by atoms with Crippen LogP contribution in [0.4, 0.5) is 10.1 Å². The number of para-hydroxylation sites is 1. The first-order valence-electron chi connectivity index (χ1n) is 8.33. The van der Waals surface area contributed by atoms with Crippen molar-refractivity contribution in [3.05, 3.63) is 65.0 Å². The van der Waals surface area contributed by atoms with Crippen LogP contribution in [0.3, 0.4) is 0 Å². The molecule has 1 aliphatic rings. The largest absolute Gasteiger partial charge is 0.346 e. The molecule has 0 unspecified atom stereocenters. The van der Waals surface area contributed by atoms with E-state index in [4.69, 9.17) is 0 Å². The summed E-state index contributed by atoms with van der Waals surface area (Å²) in [6.07, 6.45) is 1.42. The predicted octanol–water partition coefficient (Wildman–Crippen LogP) is 3.23. The van der Waals surface area contributed by atoms with Crippen LogP contribution < -0.4 is 10.6 Å². The molecule has 0 saturated heterocycles. The Morgan fingerprint density at radius 2 is 1.64 bits per heavy atom. The Bertz CT molecular complexity index is 791. The summed E-state index contributed by atoms with van der Waals surface area (Å²) in [7, 11) is 0. The Balaban J connectivity index is 1.61. The number of amides is 2. The maximum Gasteiger partial charge on any atom is 0.243 e. The van der Waals surface area contributed by atoms with Crippen LogP contribution in [0.2, 0.25) is 0 Å². The summed E-state index contributed by atoms with van der Waals surface area (Å²) in [6, 6.07) is 11.8. The van der Waals surface area contributed by atoms with Crippen LogP contribution in [0.25, 0.3) is 0 Å². The highest BCUT2D eigenvalue weighted by Gasteiger charge is 2.51. The van der Waals surface area contributed by atoms with Crippen molar-refractivity contribution in [1.82, 2.24) is 5.32 Å². The van der Waals surface area contributed by atoms with E-state index in [9.17, 15) is 14.0 Å². The molecular weight excluding hydrogens is 319 g/mol. The molecule has 0 aromatic heterocycles. The van der Waals surface area contributed by atoms with Crippen molar-refractivity contribution >= 4 is 17.5 Å². The first-order valence-corrected chi connectivity index (χ1v) is 8.33. The first kappa shape index (κ1) is 17.1. The average Bonchev–Trinajstić information content (AvgIpc) is 3.39. The molecule has 0 spiro atoms. The normalized spacial score (nSPS) is 14.7. The maximum absolute atomic E-state index is 13.1. The maximum atomic E-state index is 13.1. The number of aryl methyl sites for hydroxylation is 2. The Morgan fingerprint density at radius 3 is 2.20 bits per heavy atom. The number of halogens is 1. The molecule has 0 bridgehead atoms. The average molecular weight is 340 g/mol. The molecule has 25 heavy (non-hydrogen) atoms. The van der Waals surface area contributed by atoms with Gasteiger partial charge in [0.1, 0.15) is 5.82 Å². The van der Waals surface area contributed by atoms with Gasteiger partial charge in [-0.05, 0) is 55.5 Å². The minimum absolute atomic E-state index is 0.0877. The lowest BCUT2D eigenvalue weighted by molar-refractivity contribution is -0.126. The molecule has 2 aromatic carbocycles. The standard InChI is InChI=1S/C20H21FN2O2/c1-13-4-3-5-14(2)18(13)23-17(24)12-22-19(25)20(10-11-20)15-6-8-16(21)9-7-15/h3-9H,10-12H2,1-2H3,(H,22,25)(H,23,24). The van der Waals surface area contributed by atoms with E-state index in [0.717, 1.165) is 22.4 Å². The summed E-state index contributed by atoms with van der Waals surface area (Å²) in [4.78, 5) is 24.7. The van der Waals surface area contributed by atoms with E-state index < -0.39 is 5.41 Å². The van der Waals surface area contributed by atoms with Gasteiger partial charge in [-0.1, -0.05) is 30.3 Å². The first-order chi connectivity index (χ1) is 11.9. The summed E-state index contributed by atoms with van der Waals surface area (Å²) in [5.74, 6) is -0.774. The number of hydrogen-bond donors (Lipinski definition) is 2. The quantitative estimate of drug-likeness (QED) is 0.878. The number of anilines is 1. The van der Waals surface area contributed by atoms with Gasteiger partial charge in [0.05, 0.1) is 12.0 Å². The van der Waals surface area contributed by atoms with Crippen molar-refractivity contribution in [1.29, 1.82) is 0 Å². The van der Waals surface area contributed by atoms with E-state index in [0.29, 0.717) is 12.8 Å². The van der Waals surface area contributed by atoms with Crippen molar-refractivity contribution in [2.45, 2.75) is 32.1 Å². The van der Waals surface area contributed by atoms with E-state index in [2.05, 4.69) is 10.6 Å². The van der Waals surface area contributed by atoms with Gasteiger partial charge in [0, 0.05) is 5.69 Å². The summed E-state index contributed by atoms with van der Waals surface area (Å²) >= 11 is 0. The van der Waals surface area contributed by atoms with E-state index in [1.807, 2.05) is 32.0 Å². The van der Waals surface area contributed by atoms with Gasteiger partial charge < -0.3 is 10.6 Å². The van der Waals surface area contributed by atoms with Crippen LogP contribution in [0, 0.1) is 19.7 Å². The highest BCUT2D eigenvalue weighted by Crippen LogP contribution is 2.48. The molecule has 0 aliphatic heterocycles. The van der Waals surface area contributed by atoms with Crippen LogP contribution in [0.5, 0.6) is 0 Å². The van der Waals surface area contributed by atoms with Crippen molar-refractivity contribution < 1.29 is 14.0 Å². The summed E-state index contributed by atoms with van der Waals surface area (Å²) in [5.41, 5.74) is 2.91. The second kappa shape index (κ2) is 6.67. The Kier molecular flexibility index (Phi) is 4.57. The molecule has 2 amide bonds. The summed E-state index contributed by atoms with van der Waals surface area (Å²) < 4.78 is 13.1. The van der Waals surface area contributed by atoms with Crippen LogP contribution in [-0.4, -0.2) is 18.4 Å². The molecule has 1 fully saturated rings. The lowest BCUT2D eigenvalue weighted by atomic mass is 9.95. The molecule has 130 valence electrons. The van der Waals surface area contributed by atoms with Crippen molar-refractivity contribution in [2.24, 2.45) is 0 Å². The zero-order valence-corrected chi connectivity index (χ0v) is 14.4. The molecule has 0 atom stereocenters. The number of nitrogens with one attached hydrogen (secondary N) is 2. The van der Waals surface area contributed by atoms with Crippen molar-refractivity contribution in [3.8, 4) is 0 Å². The molecule has 0 heterocycles. The van der Waals surface area contributed by atoms with Crippen molar-refractivity contribution in [3.63, 3.8) is 0 Å². The molecule has 3 rings (SSSR count). The second-order valence-corrected chi connectivity index (χ2v) is 6.59. The molecular formula is C20H21FN2O2. The van der Waals surface area contributed by atoms with Gasteiger partial charge in [-0.15, -0.1) is 0 Å². The zero-order chi connectivity index (χ0) is 18.0. The smallest absolute Gasteiger partial charge is 0.243 e. The lowest BCUT2D eigenvalue weighted by Gasteiger charge is -2.16. The fourth-order valence-electron chi connectivity index (χ4n) is 3.07. The fourth-order valence-corrected chi connectivity index (χ4v) is 3.07. The van der Waals surface area contributed by atoms with E-state index in [1.54, 1.807) is 12.1 Å². The monoisotopic (exact) mass is 340 g/mol. The third-order valence-electron chi connectivity index (χ3n) is 4.74. The molecule has 1 aliphatic carbocycles. The highest BCUT2D eigenvalue weighted by atomic mass is 19.1. The van der Waals surface area contributed by atoms with Crippen LogP contribution >= 0.6 is 0 Å². The fraction of sp³-hybridized carbons (Fsp3) is 0.300. The topological polar surface area (TPSA) is 58.2 Å². The van der Waals surface area contributed by atoms with Crippen LogP contribution in [0.15, 0.2) is 42.5 Å². The molecule has 2 N–H and O–H groups in total. The van der Waals surface area contributed by atoms with E-state index in [1.165, 1.54) is 12.1 Å². The lowest BCUT2D eigenvalue weighted by Crippen LogP contribution is -2.39. The summed E-state index contributed by atoms with van der Waals surface area (Å²) in [5, 5.41) is 5.56. The van der Waals surface area contributed by atoms with Gasteiger partial charge in [-0.2, -0.15) is 0 Å². The molecule has 0 radical (unpaired) electrons. The number of benzene rings is 2. The molecule has 4 nitrogen and oxygen atoms in total. The number of carbonyl (C=O) groups is 2. The molecule has 5 heteroatoms.